The van der Waals surface area contributed by atoms with Gasteiger partial charge in [-0.3, -0.25) is 0 Å². The fraction of sp³-hybridized carbons (Fsp3) is 0. The van der Waals surface area contributed by atoms with Gasteiger partial charge in [-0.15, -0.1) is 0 Å². The molecule has 11 aromatic rings. The number of fused-ring (bicyclic) bond motifs is 6. The van der Waals surface area contributed by atoms with Crippen molar-refractivity contribution in [3.8, 4) is 44.5 Å². The molecule has 0 saturated carbocycles. The molecule has 0 radical (unpaired) electrons. The quantitative estimate of drug-likeness (QED) is 0.162. The molecule has 0 aliphatic rings. The summed E-state index contributed by atoms with van der Waals surface area (Å²) in [5, 5.41) is 7.02. The Labute approximate surface area is 337 Å². The largest absolute Gasteiger partial charge is 0.456 e. The van der Waals surface area contributed by atoms with E-state index >= 15 is 0 Å². The lowest BCUT2D eigenvalue weighted by Crippen LogP contribution is -2.11. The molecule has 1 aromatic heterocycles. The van der Waals surface area contributed by atoms with Gasteiger partial charge in [-0.1, -0.05) is 176 Å². The highest BCUT2D eigenvalue weighted by molar-refractivity contribution is 6.23. The van der Waals surface area contributed by atoms with Crippen LogP contribution in [0.3, 0.4) is 0 Å². The van der Waals surface area contributed by atoms with E-state index in [4.69, 9.17) is 4.42 Å². The molecular weight excluding hydrogens is 703 g/mol. The summed E-state index contributed by atoms with van der Waals surface area (Å²) in [6.45, 7) is 0. The predicted octanol–water partition coefficient (Wildman–Crippen LogP) is 16.0. The first-order chi connectivity index (χ1) is 28.7. The molecule has 0 unspecified atom stereocenters. The molecule has 11 rings (SSSR count). The number of furan rings is 1. The van der Waals surface area contributed by atoms with Crippen molar-refractivity contribution in [1.29, 1.82) is 0 Å². The van der Waals surface area contributed by atoms with Gasteiger partial charge in [0.2, 0.25) is 0 Å². The molecule has 0 fully saturated rings. The van der Waals surface area contributed by atoms with Crippen LogP contribution in [0.5, 0.6) is 0 Å². The molecule has 0 amide bonds. The molecule has 58 heavy (non-hydrogen) atoms. The zero-order valence-corrected chi connectivity index (χ0v) is 31.7. The third-order valence-electron chi connectivity index (χ3n) is 11.5. The molecule has 0 spiro atoms. The van der Waals surface area contributed by atoms with E-state index in [-0.39, 0.29) is 0 Å². The van der Waals surface area contributed by atoms with Crippen molar-refractivity contribution in [2.45, 2.75) is 0 Å². The summed E-state index contributed by atoms with van der Waals surface area (Å²) in [5.74, 6) is 0. The van der Waals surface area contributed by atoms with Gasteiger partial charge in [0.05, 0.1) is 5.69 Å². The molecule has 272 valence electrons. The van der Waals surface area contributed by atoms with Crippen LogP contribution >= 0.6 is 0 Å². The monoisotopic (exact) mass is 739 g/mol. The van der Waals surface area contributed by atoms with E-state index in [2.05, 4.69) is 223 Å². The van der Waals surface area contributed by atoms with E-state index in [0.29, 0.717) is 0 Å². The molecule has 0 aliphatic heterocycles. The van der Waals surface area contributed by atoms with Gasteiger partial charge < -0.3 is 9.32 Å². The van der Waals surface area contributed by atoms with Crippen LogP contribution in [-0.2, 0) is 0 Å². The average molecular weight is 740 g/mol. The number of rotatable bonds is 7. The van der Waals surface area contributed by atoms with E-state index in [0.717, 1.165) is 61.1 Å². The van der Waals surface area contributed by atoms with Gasteiger partial charge in [-0.2, -0.15) is 0 Å². The number of anilines is 3. The van der Waals surface area contributed by atoms with Crippen LogP contribution in [0.4, 0.5) is 17.1 Å². The normalized spacial score (nSPS) is 11.4. The fourth-order valence-corrected chi connectivity index (χ4v) is 8.61. The van der Waals surface area contributed by atoms with Gasteiger partial charge in [-0.05, 0) is 109 Å². The van der Waals surface area contributed by atoms with E-state index in [1.807, 2.05) is 6.07 Å². The zero-order chi connectivity index (χ0) is 38.4. The summed E-state index contributed by atoms with van der Waals surface area (Å²) in [4.78, 5) is 2.40. The zero-order valence-electron chi connectivity index (χ0n) is 31.7. The van der Waals surface area contributed by atoms with Crippen LogP contribution in [-0.4, -0.2) is 0 Å². The lowest BCUT2D eigenvalue weighted by atomic mass is 9.93. The van der Waals surface area contributed by atoms with Crippen molar-refractivity contribution in [1.82, 2.24) is 0 Å². The highest BCUT2D eigenvalue weighted by atomic mass is 16.3. The maximum absolute atomic E-state index is 6.63. The summed E-state index contributed by atoms with van der Waals surface area (Å²) in [7, 11) is 0. The second-order valence-corrected chi connectivity index (χ2v) is 14.9. The van der Waals surface area contributed by atoms with E-state index in [1.165, 1.54) is 44.0 Å². The fourth-order valence-electron chi connectivity index (χ4n) is 8.61. The first kappa shape index (κ1) is 33.6. The van der Waals surface area contributed by atoms with Crippen molar-refractivity contribution < 1.29 is 4.42 Å². The minimum absolute atomic E-state index is 0.882. The standard InChI is InChI=1S/C56H37NO/c1-3-13-38(14-4-1)40-23-25-41(26-24-40)42-29-31-46(32-30-42)57(53-21-11-9-19-48(53)43-16-5-2-6-17-43)47-33-34-49-51(45-28-27-39-15-7-8-18-44(39)35-45)37-55-56(52(49)36-47)50-20-10-12-22-54(50)58-55/h1-37H. The van der Waals surface area contributed by atoms with Gasteiger partial charge in [0.1, 0.15) is 11.2 Å². The Morgan fingerprint density at radius 2 is 0.862 bits per heavy atom. The smallest absolute Gasteiger partial charge is 0.136 e. The summed E-state index contributed by atoms with van der Waals surface area (Å²) in [6, 6.07) is 80.7. The van der Waals surface area contributed by atoms with Crippen LogP contribution in [0.1, 0.15) is 0 Å². The number of benzene rings is 10. The summed E-state index contributed by atoms with van der Waals surface area (Å²) >= 11 is 0. The number of nitrogens with zero attached hydrogens (tertiary/aromatic N) is 1. The average Bonchev–Trinajstić information content (AvgIpc) is 3.69. The highest BCUT2D eigenvalue weighted by Crippen LogP contribution is 2.46. The molecule has 10 aromatic carbocycles. The van der Waals surface area contributed by atoms with Crippen LogP contribution in [0, 0.1) is 0 Å². The minimum atomic E-state index is 0.882. The highest BCUT2D eigenvalue weighted by Gasteiger charge is 2.21. The van der Waals surface area contributed by atoms with E-state index < -0.39 is 0 Å². The van der Waals surface area contributed by atoms with Gasteiger partial charge in [0.15, 0.2) is 0 Å². The molecule has 0 N–H and O–H groups in total. The lowest BCUT2D eigenvalue weighted by molar-refractivity contribution is 0.669. The minimum Gasteiger partial charge on any atom is -0.456 e. The summed E-state index contributed by atoms with van der Waals surface area (Å²) in [5.41, 5.74) is 14.4. The summed E-state index contributed by atoms with van der Waals surface area (Å²) in [6.07, 6.45) is 0. The van der Waals surface area contributed by atoms with Crippen LogP contribution in [0.15, 0.2) is 229 Å². The van der Waals surface area contributed by atoms with Gasteiger partial charge >= 0.3 is 0 Å². The van der Waals surface area contributed by atoms with E-state index in [9.17, 15) is 0 Å². The van der Waals surface area contributed by atoms with Crippen molar-refractivity contribution in [2.24, 2.45) is 0 Å². The third-order valence-corrected chi connectivity index (χ3v) is 11.5. The van der Waals surface area contributed by atoms with Crippen LogP contribution < -0.4 is 4.90 Å². The Morgan fingerprint density at radius 1 is 0.293 bits per heavy atom. The Morgan fingerprint density at radius 3 is 1.62 bits per heavy atom. The van der Waals surface area contributed by atoms with Crippen molar-refractivity contribution in [3.63, 3.8) is 0 Å². The van der Waals surface area contributed by atoms with Gasteiger partial charge in [0.25, 0.3) is 0 Å². The number of para-hydroxylation sites is 2. The first-order valence-electron chi connectivity index (χ1n) is 19.8. The number of hydrogen-bond donors (Lipinski definition) is 0. The topological polar surface area (TPSA) is 16.4 Å². The summed E-state index contributed by atoms with van der Waals surface area (Å²) < 4.78 is 6.63. The van der Waals surface area contributed by atoms with Crippen LogP contribution in [0.25, 0.3) is 88.0 Å². The third kappa shape index (κ3) is 5.91. The van der Waals surface area contributed by atoms with Gasteiger partial charge in [-0.25, -0.2) is 0 Å². The molecule has 0 aliphatic carbocycles. The molecular formula is C56H37NO. The maximum Gasteiger partial charge on any atom is 0.136 e. The molecule has 0 saturated heterocycles. The molecule has 0 bridgehead atoms. The Kier molecular flexibility index (Phi) is 8.19. The molecule has 0 atom stereocenters. The second-order valence-electron chi connectivity index (χ2n) is 14.9. The van der Waals surface area contributed by atoms with Crippen LogP contribution in [0.2, 0.25) is 0 Å². The SMILES string of the molecule is c1ccc(-c2ccc(-c3ccc(N(c4ccc5c(-c6ccc7ccccc7c6)cc6oc7ccccc7c6c5c4)c4ccccc4-c4ccccc4)cc3)cc2)cc1. The van der Waals surface area contributed by atoms with Crippen molar-refractivity contribution in [2.75, 3.05) is 4.90 Å². The van der Waals surface area contributed by atoms with Gasteiger partial charge in [0, 0.05) is 27.7 Å². The Bertz CT molecular complexity index is 3250. The maximum atomic E-state index is 6.63. The van der Waals surface area contributed by atoms with Crippen molar-refractivity contribution in [3.05, 3.63) is 224 Å². The molecule has 2 heteroatoms. The lowest BCUT2D eigenvalue weighted by Gasteiger charge is -2.28. The first-order valence-corrected chi connectivity index (χ1v) is 19.8. The second kappa shape index (κ2) is 14.1. The van der Waals surface area contributed by atoms with Crippen molar-refractivity contribution >= 4 is 60.5 Å². The Hall–Kier alpha value is -7.68. The molecule has 1 heterocycles. The Balaban J connectivity index is 1.10. The van der Waals surface area contributed by atoms with E-state index in [1.54, 1.807) is 0 Å². The predicted molar refractivity (Wildman–Crippen MR) is 245 cm³/mol. The number of hydrogen-bond acceptors (Lipinski definition) is 2. The molecule has 2 nitrogen and oxygen atoms in total.